The number of aryl methyl sites for hydroxylation is 1. The lowest BCUT2D eigenvalue weighted by Gasteiger charge is -2.34. The Kier molecular flexibility index (Phi) is 8.53. The number of amides is 1. The number of allylic oxidation sites excluding steroid dienone is 5. The van der Waals surface area contributed by atoms with Crippen LogP contribution in [0.4, 0.5) is 0 Å². The summed E-state index contributed by atoms with van der Waals surface area (Å²) in [5.74, 6) is 1.69. The predicted octanol–water partition coefficient (Wildman–Crippen LogP) is 4.37. The number of carbonyl (C=O) groups excluding carboxylic acids is 1. The van der Waals surface area contributed by atoms with Gasteiger partial charge < -0.3 is 16.0 Å². The molecule has 3 N–H and O–H groups in total. The second-order valence-electron chi connectivity index (χ2n) is 9.48. The van der Waals surface area contributed by atoms with Gasteiger partial charge in [0.2, 0.25) is 5.91 Å². The highest BCUT2D eigenvalue weighted by Gasteiger charge is 2.29. The van der Waals surface area contributed by atoms with Crippen LogP contribution in [0.25, 0.3) is 0 Å². The van der Waals surface area contributed by atoms with E-state index in [2.05, 4.69) is 65.7 Å². The van der Waals surface area contributed by atoms with E-state index in [-0.39, 0.29) is 5.91 Å². The minimum absolute atomic E-state index is 0.0108. The molecule has 1 aromatic carbocycles. The first kappa shape index (κ1) is 23.3. The van der Waals surface area contributed by atoms with Crippen LogP contribution >= 0.6 is 0 Å². The number of carbonyl (C=O) groups is 1. The third-order valence-corrected chi connectivity index (χ3v) is 6.76. The smallest absolute Gasteiger partial charge is 0.249 e. The molecule has 168 valence electrons. The normalized spacial score (nSPS) is 24.2. The zero-order chi connectivity index (χ0) is 22.2. The first-order chi connectivity index (χ1) is 14.9. The molecule has 0 aromatic heterocycles. The van der Waals surface area contributed by atoms with Gasteiger partial charge in [-0.05, 0) is 76.4 Å². The predicted molar refractivity (Wildman–Crippen MR) is 129 cm³/mol. The molecule has 1 saturated carbocycles. The number of rotatable bonds is 8. The average Bonchev–Trinajstić information content (AvgIpc) is 2.77. The molecule has 1 amide bonds. The number of hydrogen-bond donors (Lipinski definition) is 2. The molecule has 4 nitrogen and oxygen atoms in total. The fourth-order valence-electron chi connectivity index (χ4n) is 4.89. The maximum atomic E-state index is 13.1. The van der Waals surface area contributed by atoms with E-state index >= 15 is 0 Å². The van der Waals surface area contributed by atoms with E-state index < -0.39 is 0 Å². The molecule has 0 heterocycles. The number of nitrogens with zero attached hydrogens (tertiary/aromatic N) is 1. The Labute approximate surface area is 188 Å². The van der Waals surface area contributed by atoms with Crippen LogP contribution in [0, 0.1) is 24.7 Å². The molecule has 0 radical (unpaired) electrons. The zero-order valence-electron chi connectivity index (χ0n) is 19.4. The summed E-state index contributed by atoms with van der Waals surface area (Å²) in [4.78, 5) is 15.2. The van der Waals surface area contributed by atoms with E-state index in [1.807, 2.05) is 14.1 Å². The second kappa shape index (κ2) is 11.3. The molecule has 1 aromatic rings. The highest BCUT2D eigenvalue weighted by Crippen LogP contribution is 2.39. The van der Waals surface area contributed by atoms with Gasteiger partial charge in [-0.15, -0.1) is 0 Å². The lowest BCUT2D eigenvalue weighted by Crippen LogP contribution is -2.35. The highest BCUT2D eigenvalue weighted by molar-refractivity contribution is 5.94. The van der Waals surface area contributed by atoms with Gasteiger partial charge >= 0.3 is 0 Å². The van der Waals surface area contributed by atoms with Gasteiger partial charge in [0.1, 0.15) is 0 Å². The summed E-state index contributed by atoms with van der Waals surface area (Å²) in [5, 5.41) is 3.09. The molecule has 31 heavy (non-hydrogen) atoms. The van der Waals surface area contributed by atoms with Gasteiger partial charge in [0.25, 0.3) is 0 Å². The maximum Gasteiger partial charge on any atom is 0.249 e. The van der Waals surface area contributed by atoms with Gasteiger partial charge in [-0.1, -0.05) is 54.1 Å². The SMILES string of the molecule is Cc1cccc(C/C(C(=O)NCCN(C)C)=C(/N)[C@H]2CC[C@H](C3C=CC=CC3)CC2)c1. The summed E-state index contributed by atoms with van der Waals surface area (Å²) in [6.07, 6.45) is 15.3. The number of likely N-dealkylation sites (N-methyl/N-ethyl adjacent to an activating group) is 1. The standard InChI is InChI=1S/C27H39N3O/c1-20-8-7-9-21(18-20)19-25(27(31)29-16-17-30(2)3)26(28)24-14-12-23(13-15-24)22-10-5-4-6-11-22/h4-10,18,22-24H,11-17,19,28H2,1-3H3,(H,29,31)/b26-25-/t22?,23-,24-. The zero-order valence-corrected chi connectivity index (χ0v) is 19.4. The Balaban J connectivity index is 1.71. The van der Waals surface area contributed by atoms with E-state index in [0.29, 0.717) is 24.8 Å². The molecule has 1 unspecified atom stereocenters. The van der Waals surface area contributed by atoms with Gasteiger partial charge in [-0.3, -0.25) is 4.79 Å². The Morgan fingerprint density at radius 1 is 1.16 bits per heavy atom. The second-order valence-corrected chi connectivity index (χ2v) is 9.48. The summed E-state index contributed by atoms with van der Waals surface area (Å²) in [6.45, 7) is 3.53. The van der Waals surface area contributed by atoms with Crippen LogP contribution in [0.3, 0.4) is 0 Å². The number of hydrogen-bond acceptors (Lipinski definition) is 3. The van der Waals surface area contributed by atoms with Gasteiger partial charge in [-0.25, -0.2) is 0 Å². The van der Waals surface area contributed by atoms with Crippen molar-refractivity contribution in [3.63, 3.8) is 0 Å². The molecule has 1 atom stereocenters. The van der Waals surface area contributed by atoms with Crippen molar-refractivity contribution in [3.8, 4) is 0 Å². The van der Waals surface area contributed by atoms with E-state index in [1.165, 1.54) is 18.4 Å². The first-order valence-electron chi connectivity index (χ1n) is 11.7. The van der Waals surface area contributed by atoms with Crippen molar-refractivity contribution in [3.05, 3.63) is 71.0 Å². The summed E-state index contributed by atoms with van der Waals surface area (Å²) >= 11 is 0. The van der Waals surface area contributed by atoms with Crippen molar-refractivity contribution >= 4 is 5.91 Å². The highest BCUT2D eigenvalue weighted by atomic mass is 16.1. The molecule has 0 saturated heterocycles. The molecular formula is C27H39N3O. The van der Waals surface area contributed by atoms with E-state index in [1.54, 1.807) is 0 Å². The largest absolute Gasteiger partial charge is 0.401 e. The third kappa shape index (κ3) is 6.83. The minimum Gasteiger partial charge on any atom is -0.401 e. The average molecular weight is 422 g/mol. The molecule has 2 aliphatic rings. The Bertz CT molecular complexity index is 829. The molecule has 4 heteroatoms. The Hall–Kier alpha value is -2.33. The Morgan fingerprint density at radius 3 is 2.58 bits per heavy atom. The molecule has 0 aliphatic heterocycles. The van der Waals surface area contributed by atoms with Crippen LogP contribution in [0.1, 0.15) is 43.2 Å². The van der Waals surface area contributed by atoms with Crippen LogP contribution in [0.15, 0.2) is 59.8 Å². The third-order valence-electron chi connectivity index (χ3n) is 6.76. The molecule has 3 rings (SSSR count). The van der Waals surface area contributed by atoms with Crippen LogP contribution < -0.4 is 11.1 Å². The van der Waals surface area contributed by atoms with E-state index in [4.69, 9.17) is 5.73 Å². The number of nitrogens with one attached hydrogen (secondary N) is 1. The van der Waals surface area contributed by atoms with E-state index in [0.717, 1.165) is 48.6 Å². The lowest BCUT2D eigenvalue weighted by atomic mass is 9.72. The van der Waals surface area contributed by atoms with Gasteiger partial charge in [0.05, 0.1) is 0 Å². The first-order valence-corrected chi connectivity index (χ1v) is 11.7. The summed E-state index contributed by atoms with van der Waals surface area (Å²) in [5.41, 5.74) is 10.6. The summed E-state index contributed by atoms with van der Waals surface area (Å²) in [7, 11) is 4.03. The lowest BCUT2D eigenvalue weighted by molar-refractivity contribution is -0.117. The van der Waals surface area contributed by atoms with Crippen LogP contribution in [0.2, 0.25) is 0 Å². The van der Waals surface area contributed by atoms with Crippen LogP contribution in [-0.4, -0.2) is 38.0 Å². The fraction of sp³-hybridized carbons (Fsp3) is 0.519. The summed E-state index contributed by atoms with van der Waals surface area (Å²) in [6, 6.07) is 8.39. The van der Waals surface area contributed by atoms with Crippen molar-refractivity contribution in [1.29, 1.82) is 0 Å². The van der Waals surface area contributed by atoms with Crippen LogP contribution in [-0.2, 0) is 11.2 Å². The maximum absolute atomic E-state index is 13.1. The van der Waals surface area contributed by atoms with Crippen molar-refractivity contribution in [2.75, 3.05) is 27.2 Å². The van der Waals surface area contributed by atoms with E-state index in [9.17, 15) is 4.79 Å². The van der Waals surface area contributed by atoms with Crippen molar-refractivity contribution < 1.29 is 4.79 Å². The van der Waals surface area contributed by atoms with Crippen molar-refractivity contribution in [2.45, 2.75) is 45.4 Å². The molecule has 0 spiro atoms. The number of benzene rings is 1. The fourth-order valence-corrected chi connectivity index (χ4v) is 4.89. The molecule has 2 aliphatic carbocycles. The molecule has 0 bridgehead atoms. The monoisotopic (exact) mass is 421 g/mol. The topological polar surface area (TPSA) is 58.4 Å². The minimum atomic E-state index is -0.0108. The Morgan fingerprint density at radius 2 is 1.94 bits per heavy atom. The van der Waals surface area contributed by atoms with Gasteiger partial charge in [0.15, 0.2) is 0 Å². The summed E-state index contributed by atoms with van der Waals surface area (Å²) < 4.78 is 0. The molecular weight excluding hydrogens is 382 g/mol. The van der Waals surface area contributed by atoms with Crippen molar-refractivity contribution in [1.82, 2.24) is 10.2 Å². The molecule has 1 fully saturated rings. The number of nitrogens with two attached hydrogens (primary N) is 1. The quantitative estimate of drug-likeness (QED) is 0.613. The van der Waals surface area contributed by atoms with Gasteiger partial charge in [-0.2, -0.15) is 0 Å². The van der Waals surface area contributed by atoms with Crippen molar-refractivity contribution in [2.24, 2.45) is 23.5 Å². The van der Waals surface area contributed by atoms with Crippen LogP contribution in [0.5, 0.6) is 0 Å². The van der Waals surface area contributed by atoms with Gasteiger partial charge in [0, 0.05) is 30.8 Å².